The number of azo groups is 1. The first-order valence-corrected chi connectivity index (χ1v) is 8.62. The molecule has 2 N–H and O–H groups in total. The third kappa shape index (κ3) is 5.20. The van der Waals surface area contributed by atoms with Crippen LogP contribution in [-0.4, -0.2) is 0 Å². The van der Waals surface area contributed by atoms with Gasteiger partial charge >= 0.3 is 0 Å². The summed E-state index contributed by atoms with van der Waals surface area (Å²) in [5.41, 5.74) is 11.5. The molecule has 0 fully saturated rings. The molecule has 0 aliphatic rings. The SMILES string of the molecule is CCCCc1cc(N=Nc2ccccc2)cc(CCCC)c1N. The van der Waals surface area contributed by atoms with Crippen LogP contribution in [0.5, 0.6) is 0 Å². The van der Waals surface area contributed by atoms with Gasteiger partial charge in [0.1, 0.15) is 0 Å². The van der Waals surface area contributed by atoms with Crippen molar-refractivity contribution in [2.45, 2.75) is 52.4 Å². The van der Waals surface area contributed by atoms with Gasteiger partial charge in [0.05, 0.1) is 11.4 Å². The van der Waals surface area contributed by atoms with Gasteiger partial charge < -0.3 is 5.73 Å². The van der Waals surface area contributed by atoms with Crippen molar-refractivity contribution < 1.29 is 0 Å². The van der Waals surface area contributed by atoms with E-state index in [0.29, 0.717) is 0 Å². The third-order valence-electron chi connectivity index (χ3n) is 3.97. The van der Waals surface area contributed by atoms with Gasteiger partial charge in [0.25, 0.3) is 0 Å². The molecule has 0 unspecified atom stereocenters. The van der Waals surface area contributed by atoms with Gasteiger partial charge in [-0.1, -0.05) is 44.9 Å². The summed E-state index contributed by atoms with van der Waals surface area (Å²) in [5, 5.41) is 8.76. The Kier molecular flexibility index (Phi) is 6.79. The van der Waals surface area contributed by atoms with Crippen LogP contribution in [0.1, 0.15) is 50.7 Å². The van der Waals surface area contributed by atoms with Gasteiger partial charge in [-0.3, -0.25) is 0 Å². The Morgan fingerprint density at radius 3 is 1.83 bits per heavy atom. The summed E-state index contributed by atoms with van der Waals surface area (Å²) >= 11 is 0. The molecule has 0 spiro atoms. The Balaban J connectivity index is 2.28. The topological polar surface area (TPSA) is 50.7 Å². The van der Waals surface area contributed by atoms with E-state index in [1.807, 2.05) is 30.3 Å². The van der Waals surface area contributed by atoms with Crippen LogP contribution >= 0.6 is 0 Å². The Labute approximate surface area is 139 Å². The third-order valence-corrected chi connectivity index (χ3v) is 3.97. The van der Waals surface area contributed by atoms with Crippen LogP contribution in [0.2, 0.25) is 0 Å². The standard InChI is InChI=1S/C20H27N3/c1-3-5-10-16-14-19(15-17(20(16)21)11-6-4-2)23-22-18-12-8-7-9-13-18/h7-9,12-15H,3-6,10-11,21H2,1-2H3. The van der Waals surface area contributed by atoms with E-state index in [2.05, 4.69) is 36.2 Å². The van der Waals surface area contributed by atoms with E-state index in [1.165, 1.54) is 24.0 Å². The second-order valence-electron chi connectivity index (χ2n) is 5.92. The molecule has 0 saturated carbocycles. The number of benzene rings is 2. The summed E-state index contributed by atoms with van der Waals surface area (Å²) < 4.78 is 0. The molecule has 23 heavy (non-hydrogen) atoms. The molecule has 0 aliphatic heterocycles. The first-order valence-electron chi connectivity index (χ1n) is 8.62. The predicted molar refractivity (Wildman–Crippen MR) is 98.7 cm³/mol. The maximum Gasteiger partial charge on any atom is 0.0864 e. The summed E-state index contributed by atoms with van der Waals surface area (Å²) in [5.74, 6) is 0. The summed E-state index contributed by atoms with van der Waals surface area (Å²) in [6, 6.07) is 14.0. The zero-order valence-corrected chi connectivity index (χ0v) is 14.3. The lowest BCUT2D eigenvalue weighted by Gasteiger charge is -2.12. The van der Waals surface area contributed by atoms with Gasteiger partial charge in [-0.2, -0.15) is 10.2 Å². The van der Waals surface area contributed by atoms with E-state index in [0.717, 1.165) is 42.7 Å². The Morgan fingerprint density at radius 2 is 1.30 bits per heavy atom. The number of hydrogen-bond donors (Lipinski definition) is 1. The molecule has 2 aromatic carbocycles. The molecule has 3 nitrogen and oxygen atoms in total. The second-order valence-corrected chi connectivity index (χ2v) is 5.92. The maximum absolute atomic E-state index is 6.37. The van der Waals surface area contributed by atoms with E-state index >= 15 is 0 Å². The minimum atomic E-state index is 0.870. The van der Waals surface area contributed by atoms with Crippen LogP contribution in [0, 0.1) is 0 Å². The Hall–Kier alpha value is -2.16. The highest BCUT2D eigenvalue weighted by atomic mass is 15.1. The second kappa shape index (κ2) is 9.09. The number of hydrogen-bond acceptors (Lipinski definition) is 3. The summed E-state index contributed by atoms with van der Waals surface area (Å²) in [6.45, 7) is 4.40. The van der Waals surface area contributed by atoms with Crippen molar-refractivity contribution >= 4 is 17.1 Å². The molecule has 0 radical (unpaired) electrons. The van der Waals surface area contributed by atoms with Gasteiger partial charge in [-0.15, -0.1) is 0 Å². The lowest BCUT2D eigenvalue weighted by molar-refractivity contribution is 0.783. The van der Waals surface area contributed by atoms with Gasteiger partial charge in [0, 0.05) is 5.69 Å². The van der Waals surface area contributed by atoms with E-state index in [4.69, 9.17) is 5.73 Å². The highest BCUT2D eigenvalue weighted by Crippen LogP contribution is 2.29. The molecule has 0 aromatic heterocycles. The molecular formula is C20H27N3. The molecule has 2 rings (SSSR count). The van der Waals surface area contributed by atoms with Crippen LogP contribution in [0.3, 0.4) is 0 Å². The minimum Gasteiger partial charge on any atom is -0.398 e. The highest BCUT2D eigenvalue weighted by molar-refractivity contribution is 5.61. The van der Waals surface area contributed by atoms with Crippen LogP contribution in [0.15, 0.2) is 52.7 Å². The number of anilines is 1. The maximum atomic E-state index is 6.37. The number of unbranched alkanes of at least 4 members (excludes halogenated alkanes) is 2. The quantitative estimate of drug-likeness (QED) is 0.447. The molecule has 0 saturated heterocycles. The predicted octanol–water partition coefficient (Wildman–Crippen LogP) is 6.37. The van der Waals surface area contributed by atoms with Crippen LogP contribution in [-0.2, 0) is 12.8 Å². The lowest BCUT2D eigenvalue weighted by Crippen LogP contribution is -2.00. The minimum absolute atomic E-state index is 0.870. The number of aryl methyl sites for hydroxylation is 2. The summed E-state index contributed by atoms with van der Waals surface area (Å²) in [7, 11) is 0. The lowest BCUT2D eigenvalue weighted by atomic mass is 9.98. The normalized spacial score (nSPS) is 11.2. The smallest absolute Gasteiger partial charge is 0.0864 e. The Bertz CT molecular complexity index is 604. The number of nitrogens with zero attached hydrogens (tertiary/aromatic N) is 2. The molecule has 0 bridgehead atoms. The van der Waals surface area contributed by atoms with Gasteiger partial charge in [0.2, 0.25) is 0 Å². The number of nitrogen functional groups attached to an aromatic ring is 1. The van der Waals surface area contributed by atoms with Crippen LogP contribution < -0.4 is 5.73 Å². The number of nitrogens with two attached hydrogens (primary N) is 1. The fourth-order valence-electron chi connectivity index (χ4n) is 2.58. The van der Waals surface area contributed by atoms with E-state index < -0.39 is 0 Å². The van der Waals surface area contributed by atoms with Crippen molar-refractivity contribution in [1.29, 1.82) is 0 Å². The van der Waals surface area contributed by atoms with Gasteiger partial charge in [-0.05, 0) is 61.1 Å². The van der Waals surface area contributed by atoms with E-state index in [1.54, 1.807) is 0 Å². The zero-order valence-electron chi connectivity index (χ0n) is 14.3. The number of rotatable bonds is 8. The van der Waals surface area contributed by atoms with E-state index in [9.17, 15) is 0 Å². The first kappa shape index (κ1) is 17.2. The molecule has 0 amide bonds. The molecule has 0 aliphatic carbocycles. The molecule has 3 heteroatoms. The van der Waals surface area contributed by atoms with Crippen molar-refractivity contribution in [2.75, 3.05) is 5.73 Å². The van der Waals surface area contributed by atoms with Crippen molar-refractivity contribution in [2.24, 2.45) is 10.2 Å². The average Bonchev–Trinajstić information content (AvgIpc) is 2.59. The highest BCUT2D eigenvalue weighted by Gasteiger charge is 2.08. The van der Waals surface area contributed by atoms with Gasteiger partial charge in [0.15, 0.2) is 0 Å². The first-order chi connectivity index (χ1) is 11.2. The molecule has 2 aromatic rings. The average molecular weight is 309 g/mol. The van der Waals surface area contributed by atoms with Crippen LogP contribution in [0.4, 0.5) is 17.1 Å². The summed E-state index contributed by atoms with van der Waals surface area (Å²) in [6.07, 6.45) is 6.65. The largest absolute Gasteiger partial charge is 0.398 e. The molecule has 122 valence electrons. The zero-order chi connectivity index (χ0) is 16.5. The fourth-order valence-corrected chi connectivity index (χ4v) is 2.58. The van der Waals surface area contributed by atoms with Crippen LogP contribution in [0.25, 0.3) is 0 Å². The Morgan fingerprint density at radius 1 is 0.783 bits per heavy atom. The molecular weight excluding hydrogens is 282 g/mol. The van der Waals surface area contributed by atoms with Gasteiger partial charge in [-0.25, -0.2) is 0 Å². The summed E-state index contributed by atoms with van der Waals surface area (Å²) in [4.78, 5) is 0. The van der Waals surface area contributed by atoms with Crippen molar-refractivity contribution in [1.82, 2.24) is 0 Å². The van der Waals surface area contributed by atoms with Crippen molar-refractivity contribution in [3.8, 4) is 0 Å². The monoisotopic (exact) mass is 309 g/mol. The van der Waals surface area contributed by atoms with Crippen molar-refractivity contribution in [3.63, 3.8) is 0 Å². The molecule has 0 atom stereocenters. The molecule has 0 heterocycles. The fraction of sp³-hybridized carbons (Fsp3) is 0.400. The van der Waals surface area contributed by atoms with E-state index in [-0.39, 0.29) is 0 Å². The van der Waals surface area contributed by atoms with Crippen molar-refractivity contribution in [3.05, 3.63) is 53.6 Å².